The largest absolute Gasteiger partial charge is 0.314 e. The Kier molecular flexibility index (Phi) is 5.42. The maximum absolute atomic E-state index is 11.8. The predicted molar refractivity (Wildman–Crippen MR) is 72.4 cm³/mol. The number of nitrogens with zero attached hydrogens (tertiary/aromatic N) is 1. The van der Waals surface area contributed by atoms with Crippen molar-refractivity contribution in [3.8, 4) is 0 Å². The zero-order valence-electron chi connectivity index (χ0n) is 11.4. The van der Waals surface area contributed by atoms with Crippen molar-refractivity contribution in [2.75, 3.05) is 6.54 Å². The second-order valence-electron chi connectivity index (χ2n) is 4.74. The van der Waals surface area contributed by atoms with E-state index in [9.17, 15) is 4.79 Å². The molecule has 3 nitrogen and oxygen atoms in total. The van der Waals surface area contributed by atoms with Crippen LogP contribution < -0.4 is 10.9 Å². The Labute approximate surface area is 104 Å². The highest BCUT2D eigenvalue weighted by atomic mass is 16.1. The van der Waals surface area contributed by atoms with Gasteiger partial charge >= 0.3 is 0 Å². The summed E-state index contributed by atoms with van der Waals surface area (Å²) in [5.41, 5.74) is 1.12. The molecule has 0 aliphatic carbocycles. The first-order valence-corrected chi connectivity index (χ1v) is 6.49. The maximum Gasteiger partial charge on any atom is 0.250 e. The molecule has 2 unspecified atom stereocenters. The van der Waals surface area contributed by atoms with Crippen LogP contribution >= 0.6 is 0 Å². The summed E-state index contributed by atoms with van der Waals surface area (Å²) in [5.74, 6) is 0.572. The quantitative estimate of drug-likeness (QED) is 0.821. The molecular formula is C14H24N2O. The normalized spacial score (nSPS) is 14.6. The predicted octanol–water partition coefficient (Wildman–Crippen LogP) is 2.18. The molecule has 96 valence electrons. The average Bonchev–Trinajstić information content (AvgIpc) is 2.30. The number of likely N-dealkylation sites (N-methyl/N-ethyl adjacent to an activating group) is 1. The molecule has 0 saturated carbocycles. The first-order valence-electron chi connectivity index (χ1n) is 6.49. The van der Waals surface area contributed by atoms with Gasteiger partial charge in [-0.1, -0.05) is 27.2 Å². The van der Waals surface area contributed by atoms with Crippen LogP contribution in [0.2, 0.25) is 0 Å². The minimum atomic E-state index is 0.0937. The van der Waals surface area contributed by atoms with Crippen molar-refractivity contribution in [3.63, 3.8) is 0 Å². The van der Waals surface area contributed by atoms with Crippen LogP contribution in [0.4, 0.5) is 0 Å². The Bertz CT molecular complexity index is 397. The molecule has 0 spiro atoms. The zero-order chi connectivity index (χ0) is 12.8. The van der Waals surface area contributed by atoms with Gasteiger partial charge in [-0.3, -0.25) is 4.79 Å². The second kappa shape index (κ2) is 6.60. The Hall–Kier alpha value is -1.09. The number of nitrogens with one attached hydrogen (secondary N) is 1. The Morgan fingerprint density at radius 3 is 2.65 bits per heavy atom. The van der Waals surface area contributed by atoms with Gasteiger partial charge in [0.1, 0.15) is 0 Å². The van der Waals surface area contributed by atoms with Crippen molar-refractivity contribution >= 4 is 0 Å². The summed E-state index contributed by atoms with van der Waals surface area (Å²) < 4.78 is 1.80. The van der Waals surface area contributed by atoms with Gasteiger partial charge < -0.3 is 9.88 Å². The molecule has 2 atom stereocenters. The number of aryl methyl sites for hydroxylation is 1. The van der Waals surface area contributed by atoms with Crippen LogP contribution in [-0.4, -0.2) is 17.2 Å². The van der Waals surface area contributed by atoms with Crippen LogP contribution in [0.3, 0.4) is 0 Å². The van der Waals surface area contributed by atoms with Crippen molar-refractivity contribution in [3.05, 3.63) is 34.2 Å². The zero-order valence-corrected chi connectivity index (χ0v) is 11.4. The molecule has 1 rings (SSSR count). The third-order valence-electron chi connectivity index (χ3n) is 3.34. The molecule has 0 radical (unpaired) electrons. The average molecular weight is 236 g/mol. The van der Waals surface area contributed by atoms with Crippen molar-refractivity contribution < 1.29 is 0 Å². The van der Waals surface area contributed by atoms with Crippen molar-refractivity contribution in [2.45, 2.75) is 46.7 Å². The van der Waals surface area contributed by atoms with Gasteiger partial charge in [0.15, 0.2) is 0 Å². The summed E-state index contributed by atoms with van der Waals surface area (Å²) in [4.78, 5) is 11.8. The molecule has 0 saturated heterocycles. The summed E-state index contributed by atoms with van der Waals surface area (Å²) in [6, 6.07) is 4.05. The maximum atomic E-state index is 11.8. The lowest BCUT2D eigenvalue weighted by atomic mass is 9.99. The molecule has 0 aliphatic heterocycles. The molecule has 1 heterocycles. The second-order valence-corrected chi connectivity index (χ2v) is 4.74. The summed E-state index contributed by atoms with van der Waals surface area (Å²) in [7, 11) is 0. The minimum absolute atomic E-state index is 0.0937. The van der Waals surface area contributed by atoms with Gasteiger partial charge in [0, 0.05) is 24.8 Å². The van der Waals surface area contributed by atoms with Gasteiger partial charge in [0.05, 0.1) is 0 Å². The molecule has 17 heavy (non-hydrogen) atoms. The van der Waals surface area contributed by atoms with E-state index in [-0.39, 0.29) is 5.56 Å². The highest BCUT2D eigenvalue weighted by Gasteiger charge is 2.15. The van der Waals surface area contributed by atoms with Gasteiger partial charge in [0.25, 0.3) is 5.56 Å². The fourth-order valence-corrected chi connectivity index (χ4v) is 1.96. The third kappa shape index (κ3) is 4.00. The van der Waals surface area contributed by atoms with Crippen molar-refractivity contribution in [1.82, 2.24) is 9.88 Å². The van der Waals surface area contributed by atoms with E-state index < -0.39 is 0 Å². The molecule has 0 aliphatic rings. The number of hydrogen-bond donors (Lipinski definition) is 1. The van der Waals surface area contributed by atoms with E-state index in [1.165, 1.54) is 0 Å². The fraction of sp³-hybridized carbons (Fsp3) is 0.643. The summed E-state index contributed by atoms with van der Waals surface area (Å²) in [6.45, 7) is 10.2. The summed E-state index contributed by atoms with van der Waals surface area (Å²) >= 11 is 0. The lowest BCUT2D eigenvalue weighted by molar-refractivity contribution is 0.331. The van der Waals surface area contributed by atoms with E-state index in [0.717, 1.165) is 25.1 Å². The fourth-order valence-electron chi connectivity index (χ4n) is 1.96. The van der Waals surface area contributed by atoms with Crippen LogP contribution in [0.25, 0.3) is 0 Å². The molecule has 0 amide bonds. The van der Waals surface area contributed by atoms with Crippen LogP contribution in [0, 0.1) is 12.8 Å². The van der Waals surface area contributed by atoms with Crippen LogP contribution in [0.5, 0.6) is 0 Å². The van der Waals surface area contributed by atoms with Gasteiger partial charge in [-0.2, -0.15) is 0 Å². The van der Waals surface area contributed by atoms with Crippen LogP contribution in [-0.2, 0) is 6.54 Å². The third-order valence-corrected chi connectivity index (χ3v) is 3.34. The molecule has 1 aromatic heterocycles. The summed E-state index contributed by atoms with van der Waals surface area (Å²) in [5, 5.41) is 3.46. The number of hydrogen-bond acceptors (Lipinski definition) is 2. The molecule has 0 fully saturated rings. The first-order chi connectivity index (χ1) is 8.08. The first kappa shape index (κ1) is 14.0. The van der Waals surface area contributed by atoms with Gasteiger partial charge in [0.2, 0.25) is 0 Å². The molecule has 1 aromatic rings. The SMILES string of the molecule is CCNC(Cn1ccc(C)cc1=O)C(C)CC. The highest BCUT2D eigenvalue weighted by Crippen LogP contribution is 2.09. The smallest absolute Gasteiger partial charge is 0.250 e. The number of rotatable bonds is 6. The summed E-state index contributed by atoms with van der Waals surface area (Å²) in [6.07, 6.45) is 3.02. The van der Waals surface area contributed by atoms with Crippen LogP contribution in [0.1, 0.15) is 32.8 Å². The van der Waals surface area contributed by atoms with Crippen LogP contribution in [0.15, 0.2) is 23.1 Å². The standard InChI is InChI=1S/C14H24N2O/c1-5-12(4)13(15-6-2)10-16-8-7-11(3)9-14(16)17/h7-9,12-13,15H,5-6,10H2,1-4H3. The van der Waals surface area contributed by atoms with Crippen molar-refractivity contribution in [2.24, 2.45) is 5.92 Å². The Morgan fingerprint density at radius 2 is 2.12 bits per heavy atom. The molecule has 0 bridgehead atoms. The van der Waals surface area contributed by atoms with E-state index in [1.54, 1.807) is 10.6 Å². The van der Waals surface area contributed by atoms with E-state index in [2.05, 4.69) is 26.1 Å². The minimum Gasteiger partial charge on any atom is -0.314 e. The monoisotopic (exact) mass is 236 g/mol. The highest BCUT2D eigenvalue weighted by molar-refractivity contribution is 5.08. The number of aromatic nitrogens is 1. The Balaban J connectivity index is 2.82. The lowest BCUT2D eigenvalue weighted by Gasteiger charge is -2.24. The lowest BCUT2D eigenvalue weighted by Crippen LogP contribution is -2.40. The molecular weight excluding hydrogens is 212 g/mol. The van der Waals surface area contributed by atoms with E-state index in [1.807, 2.05) is 19.2 Å². The van der Waals surface area contributed by atoms with E-state index in [4.69, 9.17) is 0 Å². The van der Waals surface area contributed by atoms with Crippen molar-refractivity contribution in [1.29, 1.82) is 0 Å². The van der Waals surface area contributed by atoms with Gasteiger partial charge in [-0.15, -0.1) is 0 Å². The van der Waals surface area contributed by atoms with Gasteiger partial charge in [-0.05, 0) is 31.0 Å². The topological polar surface area (TPSA) is 34.0 Å². The van der Waals surface area contributed by atoms with Gasteiger partial charge in [-0.25, -0.2) is 0 Å². The van der Waals surface area contributed by atoms with E-state index >= 15 is 0 Å². The van der Waals surface area contributed by atoms with E-state index in [0.29, 0.717) is 12.0 Å². The Morgan fingerprint density at radius 1 is 1.41 bits per heavy atom. The molecule has 3 heteroatoms. The molecule has 1 N–H and O–H groups in total. The molecule has 0 aromatic carbocycles. The number of pyridine rings is 1.